The van der Waals surface area contributed by atoms with Crippen LogP contribution in [-0.4, -0.2) is 41.5 Å². The van der Waals surface area contributed by atoms with Gasteiger partial charge in [-0.15, -0.1) is 11.3 Å². The van der Waals surface area contributed by atoms with Crippen molar-refractivity contribution in [2.45, 2.75) is 26.2 Å². The van der Waals surface area contributed by atoms with Crippen LogP contribution < -0.4 is 5.32 Å². The predicted octanol–water partition coefficient (Wildman–Crippen LogP) is 0.758. The highest BCUT2D eigenvalue weighted by molar-refractivity contribution is 7.14. The maximum Gasteiger partial charge on any atom is 0.240 e. The number of likely N-dealkylation sites (tertiary alicyclic amines) is 1. The fourth-order valence-corrected chi connectivity index (χ4v) is 2.93. The first-order chi connectivity index (χ1) is 9.97. The summed E-state index contributed by atoms with van der Waals surface area (Å²) in [4.78, 5) is 48.3. The van der Waals surface area contributed by atoms with E-state index in [9.17, 15) is 19.2 Å². The quantitative estimate of drug-likeness (QED) is 0.621. The molecule has 2 heterocycles. The minimum Gasteiger partial charge on any atom is -0.354 e. The van der Waals surface area contributed by atoms with Crippen LogP contribution in [0.1, 0.15) is 34.3 Å². The van der Waals surface area contributed by atoms with Gasteiger partial charge in [-0.1, -0.05) is 0 Å². The molecule has 2 rings (SSSR count). The number of amides is 3. The second-order valence-electron chi connectivity index (χ2n) is 4.80. The van der Waals surface area contributed by atoms with Gasteiger partial charge in [0.15, 0.2) is 5.78 Å². The third-order valence-corrected chi connectivity index (χ3v) is 4.40. The Morgan fingerprint density at radius 2 is 1.90 bits per heavy atom. The number of imide groups is 1. The number of ketones is 1. The smallest absolute Gasteiger partial charge is 0.240 e. The van der Waals surface area contributed by atoms with Crippen molar-refractivity contribution in [3.63, 3.8) is 0 Å². The molecule has 0 radical (unpaired) electrons. The van der Waals surface area contributed by atoms with Gasteiger partial charge in [0.1, 0.15) is 6.54 Å². The van der Waals surface area contributed by atoms with Gasteiger partial charge in [-0.05, 0) is 25.5 Å². The molecule has 0 saturated carbocycles. The molecule has 0 bridgehead atoms. The monoisotopic (exact) mass is 308 g/mol. The summed E-state index contributed by atoms with van der Waals surface area (Å²) in [6, 6.07) is 3.63. The summed E-state index contributed by atoms with van der Waals surface area (Å²) in [5.41, 5.74) is 0. The number of hydrogen-bond acceptors (Lipinski definition) is 5. The van der Waals surface area contributed by atoms with Crippen LogP contribution in [0.15, 0.2) is 12.1 Å². The number of Topliss-reactive ketones (excluding diaryl/α,β-unsaturated/α-hetero) is 1. The van der Waals surface area contributed by atoms with Crippen molar-refractivity contribution >= 4 is 34.8 Å². The van der Waals surface area contributed by atoms with E-state index in [1.165, 1.54) is 18.3 Å². The molecule has 0 unspecified atom stereocenters. The minimum absolute atomic E-state index is 0.0290. The van der Waals surface area contributed by atoms with Crippen LogP contribution in [0.3, 0.4) is 0 Å². The molecule has 1 aliphatic rings. The van der Waals surface area contributed by atoms with Crippen LogP contribution in [0, 0.1) is 0 Å². The molecule has 1 aromatic rings. The number of carbonyl (C=O) groups is 4. The van der Waals surface area contributed by atoms with E-state index in [0.29, 0.717) is 17.8 Å². The minimum atomic E-state index is -0.345. The number of hydrogen-bond donors (Lipinski definition) is 1. The van der Waals surface area contributed by atoms with Crippen LogP contribution in [0.4, 0.5) is 0 Å². The molecule has 21 heavy (non-hydrogen) atoms. The maximum atomic E-state index is 11.7. The van der Waals surface area contributed by atoms with Gasteiger partial charge in [-0.25, -0.2) is 0 Å². The second kappa shape index (κ2) is 6.62. The summed E-state index contributed by atoms with van der Waals surface area (Å²) in [5, 5.41) is 2.67. The molecule has 6 nitrogen and oxygen atoms in total. The molecule has 7 heteroatoms. The van der Waals surface area contributed by atoms with Gasteiger partial charge in [0, 0.05) is 24.3 Å². The summed E-state index contributed by atoms with van der Waals surface area (Å²) in [6.45, 7) is 1.72. The van der Waals surface area contributed by atoms with Crippen molar-refractivity contribution in [3.05, 3.63) is 21.9 Å². The molecule has 0 aliphatic carbocycles. The zero-order valence-corrected chi connectivity index (χ0v) is 12.5. The first kappa shape index (κ1) is 15.4. The number of nitrogens with zero attached hydrogens (tertiary/aromatic N) is 1. The van der Waals surface area contributed by atoms with E-state index < -0.39 is 0 Å². The fourth-order valence-electron chi connectivity index (χ4n) is 2.03. The second-order valence-corrected chi connectivity index (χ2v) is 5.96. The number of rotatable bonds is 6. The van der Waals surface area contributed by atoms with Crippen molar-refractivity contribution in [1.29, 1.82) is 0 Å². The molecule has 1 fully saturated rings. The van der Waals surface area contributed by atoms with Crippen LogP contribution in [0.25, 0.3) is 0 Å². The normalized spacial score (nSPS) is 14.6. The SMILES string of the molecule is CC(=O)c1ccc(CCNC(=O)CN2C(=O)CCC2=O)s1. The molecule has 1 N–H and O–H groups in total. The summed E-state index contributed by atoms with van der Waals surface area (Å²) >= 11 is 1.41. The van der Waals surface area contributed by atoms with Gasteiger partial charge in [-0.2, -0.15) is 0 Å². The first-order valence-corrected chi connectivity index (χ1v) is 7.48. The highest BCUT2D eigenvalue weighted by Gasteiger charge is 2.30. The lowest BCUT2D eigenvalue weighted by Crippen LogP contribution is -2.40. The largest absolute Gasteiger partial charge is 0.354 e. The molecule has 0 aromatic carbocycles. The molecule has 1 saturated heterocycles. The first-order valence-electron chi connectivity index (χ1n) is 6.67. The fraction of sp³-hybridized carbons (Fsp3) is 0.429. The van der Waals surface area contributed by atoms with E-state index in [2.05, 4.69) is 5.32 Å². The van der Waals surface area contributed by atoms with Gasteiger partial charge < -0.3 is 5.32 Å². The molecular weight excluding hydrogens is 292 g/mol. The Labute approximate surface area is 126 Å². The third-order valence-electron chi connectivity index (χ3n) is 3.16. The van der Waals surface area contributed by atoms with Gasteiger partial charge in [0.05, 0.1) is 4.88 Å². The molecule has 112 valence electrons. The van der Waals surface area contributed by atoms with E-state index in [-0.39, 0.29) is 42.9 Å². The number of carbonyl (C=O) groups excluding carboxylic acids is 4. The summed E-state index contributed by atoms with van der Waals surface area (Å²) in [6.07, 6.45) is 0.996. The molecule has 3 amide bonds. The third kappa shape index (κ3) is 3.98. The lowest BCUT2D eigenvalue weighted by molar-refractivity contribution is -0.142. The zero-order valence-electron chi connectivity index (χ0n) is 11.7. The summed E-state index contributed by atoms with van der Waals surface area (Å²) in [7, 11) is 0. The van der Waals surface area contributed by atoms with Crippen LogP contribution in [-0.2, 0) is 20.8 Å². The van der Waals surface area contributed by atoms with E-state index >= 15 is 0 Å². The molecule has 1 aliphatic heterocycles. The highest BCUT2D eigenvalue weighted by Crippen LogP contribution is 2.17. The van der Waals surface area contributed by atoms with Crippen molar-refractivity contribution in [2.24, 2.45) is 0 Å². The van der Waals surface area contributed by atoms with Crippen LogP contribution >= 0.6 is 11.3 Å². The lowest BCUT2D eigenvalue weighted by Gasteiger charge is -2.13. The van der Waals surface area contributed by atoms with Gasteiger partial charge in [0.2, 0.25) is 17.7 Å². The highest BCUT2D eigenvalue weighted by atomic mass is 32.1. The summed E-state index contributed by atoms with van der Waals surface area (Å²) < 4.78 is 0. The molecule has 0 atom stereocenters. The Balaban J connectivity index is 1.75. The maximum absolute atomic E-state index is 11.7. The van der Waals surface area contributed by atoms with Crippen molar-refractivity contribution in [3.8, 4) is 0 Å². The van der Waals surface area contributed by atoms with Crippen LogP contribution in [0.5, 0.6) is 0 Å². The van der Waals surface area contributed by atoms with Crippen molar-refractivity contribution in [2.75, 3.05) is 13.1 Å². The Bertz CT molecular complexity index is 578. The van der Waals surface area contributed by atoms with E-state index in [4.69, 9.17) is 0 Å². The van der Waals surface area contributed by atoms with Gasteiger partial charge >= 0.3 is 0 Å². The predicted molar refractivity (Wildman–Crippen MR) is 77.0 cm³/mol. The van der Waals surface area contributed by atoms with E-state index in [1.807, 2.05) is 6.07 Å². The van der Waals surface area contributed by atoms with Crippen molar-refractivity contribution in [1.82, 2.24) is 10.2 Å². The van der Waals surface area contributed by atoms with E-state index in [1.54, 1.807) is 6.07 Å². The number of thiophene rings is 1. The Kier molecular flexibility index (Phi) is 4.85. The van der Waals surface area contributed by atoms with Crippen molar-refractivity contribution < 1.29 is 19.2 Å². The lowest BCUT2D eigenvalue weighted by atomic mass is 10.3. The Morgan fingerprint density at radius 3 is 2.48 bits per heavy atom. The average Bonchev–Trinajstić information content (AvgIpc) is 3.01. The average molecular weight is 308 g/mol. The van der Waals surface area contributed by atoms with Gasteiger partial charge in [-0.3, -0.25) is 24.1 Å². The van der Waals surface area contributed by atoms with E-state index in [0.717, 1.165) is 9.78 Å². The topological polar surface area (TPSA) is 83.6 Å². The number of nitrogens with one attached hydrogen (secondary N) is 1. The standard InChI is InChI=1S/C14H16N2O4S/c1-9(17)11-3-2-10(21-11)6-7-15-12(18)8-16-13(19)4-5-14(16)20/h2-3H,4-8H2,1H3,(H,15,18). The zero-order chi connectivity index (χ0) is 15.4. The summed E-state index contributed by atoms with van der Waals surface area (Å²) in [5.74, 6) is -0.901. The Hall–Kier alpha value is -2.02. The van der Waals surface area contributed by atoms with Crippen LogP contribution in [0.2, 0.25) is 0 Å². The van der Waals surface area contributed by atoms with Gasteiger partial charge in [0.25, 0.3) is 0 Å². The molecule has 1 aromatic heterocycles. The Morgan fingerprint density at radius 1 is 1.24 bits per heavy atom. The molecule has 0 spiro atoms. The molecular formula is C14H16N2O4S.